The Morgan fingerprint density at radius 1 is 1.61 bits per heavy atom. The van der Waals surface area contributed by atoms with Gasteiger partial charge in [0.15, 0.2) is 0 Å². The molecule has 1 rings (SSSR count). The average molecular weight is 268 g/mol. The molecule has 6 nitrogen and oxygen atoms in total. The first-order valence-corrected chi connectivity index (χ1v) is 5.91. The summed E-state index contributed by atoms with van der Waals surface area (Å²) in [6, 6.07) is 0. The third-order valence-corrected chi connectivity index (χ3v) is 3.11. The molecule has 0 radical (unpaired) electrons. The standard InChI is InChI=1S/C11H12N2O4S/c1-3-4-12(6-10(15)16)9(14)5-13-8(2)7-18-11(13)17/h1,7H,4-6H2,2H3,(H,15,16). The lowest BCUT2D eigenvalue weighted by Crippen LogP contribution is -2.39. The monoisotopic (exact) mass is 268 g/mol. The highest BCUT2D eigenvalue weighted by Crippen LogP contribution is 2.01. The lowest BCUT2D eigenvalue weighted by molar-refractivity contribution is -0.144. The van der Waals surface area contributed by atoms with Gasteiger partial charge in [-0.3, -0.25) is 19.0 Å². The average Bonchev–Trinajstić information content (AvgIpc) is 2.59. The van der Waals surface area contributed by atoms with Crippen molar-refractivity contribution in [3.8, 4) is 12.3 Å². The normalized spacial score (nSPS) is 9.78. The van der Waals surface area contributed by atoms with Gasteiger partial charge in [0.2, 0.25) is 5.91 Å². The molecule has 0 atom stereocenters. The fourth-order valence-corrected chi connectivity index (χ4v) is 2.07. The van der Waals surface area contributed by atoms with E-state index in [4.69, 9.17) is 11.5 Å². The number of hydrogen-bond donors (Lipinski definition) is 1. The van der Waals surface area contributed by atoms with Crippen LogP contribution in [-0.4, -0.2) is 39.5 Å². The van der Waals surface area contributed by atoms with Crippen molar-refractivity contribution in [3.05, 3.63) is 20.7 Å². The topological polar surface area (TPSA) is 79.6 Å². The van der Waals surface area contributed by atoms with Gasteiger partial charge in [0.1, 0.15) is 13.1 Å². The van der Waals surface area contributed by atoms with E-state index < -0.39 is 18.4 Å². The number of nitrogens with zero attached hydrogens (tertiary/aromatic N) is 2. The second-order valence-corrected chi connectivity index (χ2v) is 4.40. The quantitative estimate of drug-likeness (QED) is 0.748. The summed E-state index contributed by atoms with van der Waals surface area (Å²) >= 11 is 0.992. The second kappa shape index (κ2) is 6.02. The van der Waals surface area contributed by atoms with Gasteiger partial charge in [-0.15, -0.1) is 6.42 Å². The number of hydrogen-bond acceptors (Lipinski definition) is 4. The van der Waals surface area contributed by atoms with Crippen LogP contribution in [0.25, 0.3) is 0 Å². The molecule has 1 aromatic rings. The molecule has 0 saturated heterocycles. The Balaban J connectivity index is 2.82. The van der Waals surface area contributed by atoms with E-state index in [0.29, 0.717) is 5.69 Å². The van der Waals surface area contributed by atoms with Crippen molar-refractivity contribution in [1.82, 2.24) is 9.47 Å². The van der Waals surface area contributed by atoms with Gasteiger partial charge in [-0.05, 0) is 6.92 Å². The van der Waals surface area contributed by atoms with Crippen LogP contribution in [0.15, 0.2) is 10.2 Å². The lowest BCUT2D eigenvalue weighted by atomic mass is 10.4. The molecule has 0 fully saturated rings. The molecule has 1 N–H and O–H groups in total. The van der Waals surface area contributed by atoms with E-state index in [-0.39, 0.29) is 18.0 Å². The third kappa shape index (κ3) is 3.46. The van der Waals surface area contributed by atoms with Crippen molar-refractivity contribution in [2.24, 2.45) is 0 Å². The number of amides is 1. The Labute approximate surface area is 107 Å². The maximum absolute atomic E-state index is 11.9. The van der Waals surface area contributed by atoms with Crippen LogP contribution < -0.4 is 4.87 Å². The fourth-order valence-electron chi connectivity index (χ4n) is 1.34. The molecule has 1 aromatic heterocycles. The van der Waals surface area contributed by atoms with Crippen molar-refractivity contribution in [3.63, 3.8) is 0 Å². The van der Waals surface area contributed by atoms with Gasteiger partial charge >= 0.3 is 10.8 Å². The molecular formula is C11H12N2O4S. The van der Waals surface area contributed by atoms with E-state index in [1.807, 2.05) is 0 Å². The van der Waals surface area contributed by atoms with Gasteiger partial charge in [-0.1, -0.05) is 17.3 Å². The molecule has 0 aliphatic carbocycles. The Morgan fingerprint density at radius 3 is 2.72 bits per heavy atom. The van der Waals surface area contributed by atoms with E-state index in [9.17, 15) is 14.4 Å². The van der Waals surface area contributed by atoms with Gasteiger partial charge in [0.25, 0.3) is 0 Å². The van der Waals surface area contributed by atoms with Crippen LogP contribution in [0.2, 0.25) is 0 Å². The van der Waals surface area contributed by atoms with Gasteiger partial charge in [0, 0.05) is 11.1 Å². The van der Waals surface area contributed by atoms with E-state index >= 15 is 0 Å². The van der Waals surface area contributed by atoms with Crippen LogP contribution in [0.4, 0.5) is 0 Å². The summed E-state index contributed by atoms with van der Waals surface area (Å²) in [5.41, 5.74) is 0.661. The number of carboxylic acids is 1. The maximum Gasteiger partial charge on any atom is 0.323 e. The number of carboxylic acid groups (broad SMARTS) is 1. The summed E-state index contributed by atoms with van der Waals surface area (Å²) < 4.78 is 1.29. The molecule has 1 amide bonds. The van der Waals surface area contributed by atoms with Gasteiger partial charge in [-0.25, -0.2) is 0 Å². The SMILES string of the molecule is C#CCN(CC(=O)O)C(=O)Cn1c(C)csc1=O. The first-order chi connectivity index (χ1) is 8.45. The minimum atomic E-state index is -1.15. The Hall–Kier alpha value is -2.07. The van der Waals surface area contributed by atoms with E-state index in [1.54, 1.807) is 12.3 Å². The van der Waals surface area contributed by atoms with Crippen LogP contribution in [0.3, 0.4) is 0 Å². The van der Waals surface area contributed by atoms with Crippen molar-refractivity contribution in [2.75, 3.05) is 13.1 Å². The van der Waals surface area contributed by atoms with Crippen LogP contribution in [0.5, 0.6) is 0 Å². The second-order valence-electron chi connectivity index (χ2n) is 3.58. The zero-order chi connectivity index (χ0) is 13.7. The number of aliphatic carboxylic acids is 1. The molecule has 0 saturated carbocycles. The lowest BCUT2D eigenvalue weighted by Gasteiger charge is -2.18. The minimum Gasteiger partial charge on any atom is -0.480 e. The van der Waals surface area contributed by atoms with Crippen molar-refractivity contribution >= 4 is 23.2 Å². The number of carbonyl (C=O) groups is 2. The first-order valence-electron chi connectivity index (χ1n) is 5.03. The molecule has 18 heavy (non-hydrogen) atoms. The fraction of sp³-hybridized carbons (Fsp3) is 0.364. The number of thiazole rings is 1. The van der Waals surface area contributed by atoms with Crippen molar-refractivity contribution in [2.45, 2.75) is 13.5 Å². The first kappa shape index (κ1) is 14.0. The number of aryl methyl sites for hydroxylation is 1. The summed E-state index contributed by atoms with van der Waals surface area (Å²) in [5.74, 6) is 0.587. The van der Waals surface area contributed by atoms with Gasteiger partial charge in [-0.2, -0.15) is 0 Å². The maximum atomic E-state index is 11.9. The summed E-state index contributed by atoms with van der Waals surface area (Å²) in [5, 5.41) is 10.3. The molecule has 0 unspecified atom stereocenters. The zero-order valence-electron chi connectivity index (χ0n) is 9.75. The molecule has 0 bridgehead atoms. The van der Waals surface area contributed by atoms with E-state index in [1.165, 1.54) is 4.57 Å². The molecule has 0 aliphatic heterocycles. The largest absolute Gasteiger partial charge is 0.480 e. The molecule has 0 aromatic carbocycles. The number of terminal acetylenes is 1. The summed E-state index contributed by atoms with van der Waals surface area (Å²) in [7, 11) is 0. The van der Waals surface area contributed by atoms with E-state index in [2.05, 4.69) is 5.92 Å². The minimum absolute atomic E-state index is 0.0942. The number of carbonyl (C=O) groups excluding carboxylic acids is 1. The Morgan fingerprint density at radius 2 is 2.28 bits per heavy atom. The van der Waals surface area contributed by atoms with E-state index in [0.717, 1.165) is 16.2 Å². The summed E-state index contributed by atoms with van der Waals surface area (Å²) in [6.45, 7) is 0.945. The highest BCUT2D eigenvalue weighted by Gasteiger charge is 2.17. The molecular weight excluding hydrogens is 256 g/mol. The summed E-state index contributed by atoms with van der Waals surface area (Å²) in [6.07, 6.45) is 5.07. The van der Waals surface area contributed by atoms with Crippen LogP contribution >= 0.6 is 11.3 Å². The number of rotatable bonds is 5. The predicted octanol–water partition coefficient (Wildman–Crippen LogP) is -0.235. The predicted molar refractivity (Wildman–Crippen MR) is 66.4 cm³/mol. The van der Waals surface area contributed by atoms with Crippen molar-refractivity contribution < 1.29 is 14.7 Å². The van der Waals surface area contributed by atoms with Crippen molar-refractivity contribution in [1.29, 1.82) is 0 Å². The molecule has 96 valence electrons. The third-order valence-electron chi connectivity index (χ3n) is 2.23. The molecule has 0 aliphatic rings. The van der Waals surface area contributed by atoms with Gasteiger partial charge in [0.05, 0.1) is 6.54 Å². The van der Waals surface area contributed by atoms with Gasteiger partial charge < -0.3 is 10.0 Å². The van der Waals surface area contributed by atoms with Crippen LogP contribution in [-0.2, 0) is 16.1 Å². The van der Waals surface area contributed by atoms with Crippen LogP contribution in [0, 0.1) is 19.3 Å². The molecule has 1 heterocycles. The molecule has 0 spiro atoms. The Bertz CT molecular complexity index is 552. The zero-order valence-corrected chi connectivity index (χ0v) is 10.6. The highest BCUT2D eigenvalue weighted by molar-refractivity contribution is 7.07. The number of aromatic nitrogens is 1. The molecule has 7 heteroatoms. The van der Waals surface area contributed by atoms with Crippen LogP contribution in [0.1, 0.15) is 5.69 Å². The summed E-state index contributed by atoms with van der Waals surface area (Å²) in [4.78, 5) is 34.6. The smallest absolute Gasteiger partial charge is 0.323 e. The highest BCUT2D eigenvalue weighted by atomic mass is 32.1. The Kier molecular flexibility index (Phi) is 4.68.